The van der Waals surface area contributed by atoms with Crippen molar-refractivity contribution in [2.75, 3.05) is 19.6 Å². The minimum Gasteiger partial charge on any atom is -0.314 e. The van der Waals surface area contributed by atoms with E-state index in [-0.39, 0.29) is 6.04 Å². The molecule has 1 fully saturated rings. The summed E-state index contributed by atoms with van der Waals surface area (Å²) in [5.74, 6) is 0. The minimum atomic E-state index is 0.237. The zero-order valence-corrected chi connectivity index (χ0v) is 7.83. The molecule has 72 valence electrons. The van der Waals surface area contributed by atoms with Crippen LogP contribution >= 0.6 is 0 Å². The van der Waals surface area contributed by atoms with E-state index in [0.29, 0.717) is 5.56 Å². The highest BCUT2D eigenvalue weighted by molar-refractivity contribution is 5.37. The molecular weight excluding hydrogens is 176 g/mol. The Morgan fingerprint density at radius 2 is 2.43 bits per heavy atom. The van der Waals surface area contributed by atoms with Gasteiger partial charge in [0.15, 0.2) is 0 Å². The van der Waals surface area contributed by atoms with Crippen LogP contribution in [0.25, 0.3) is 0 Å². The predicted octanol–water partition coefficient (Wildman–Crippen LogP) is 0.187. The third-order valence-electron chi connectivity index (χ3n) is 2.39. The van der Waals surface area contributed by atoms with Crippen LogP contribution in [0.3, 0.4) is 0 Å². The summed E-state index contributed by atoms with van der Waals surface area (Å²) in [5.41, 5.74) is 1.70. The van der Waals surface area contributed by atoms with Crippen molar-refractivity contribution in [3.8, 4) is 6.07 Å². The van der Waals surface area contributed by atoms with Crippen molar-refractivity contribution >= 4 is 0 Å². The molecule has 0 saturated carbocycles. The van der Waals surface area contributed by atoms with E-state index in [9.17, 15) is 0 Å². The third kappa shape index (κ3) is 1.74. The molecule has 0 radical (unpaired) electrons. The van der Waals surface area contributed by atoms with E-state index in [1.54, 1.807) is 12.4 Å². The highest BCUT2D eigenvalue weighted by atomic mass is 15.1. The Morgan fingerprint density at radius 1 is 1.50 bits per heavy atom. The van der Waals surface area contributed by atoms with Gasteiger partial charge in [-0.25, -0.2) is 0 Å². The second kappa shape index (κ2) is 4.18. The second-order valence-electron chi connectivity index (χ2n) is 3.29. The smallest absolute Gasteiger partial charge is 0.101 e. The molecule has 1 atom stereocenters. The first kappa shape index (κ1) is 9.13. The van der Waals surface area contributed by atoms with Gasteiger partial charge in [-0.2, -0.15) is 5.26 Å². The highest BCUT2D eigenvalue weighted by Gasteiger charge is 2.16. The first-order valence-corrected chi connectivity index (χ1v) is 4.70. The van der Waals surface area contributed by atoms with Crippen molar-refractivity contribution in [1.82, 2.24) is 15.6 Å². The number of aromatic nitrogens is 1. The van der Waals surface area contributed by atoms with Crippen LogP contribution in [0.15, 0.2) is 18.5 Å². The zero-order chi connectivity index (χ0) is 9.80. The van der Waals surface area contributed by atoms with Gasteiger partial charge in [-0.1, -0.05) is 0 Å². The molecule has 2 heterocycles. The van der Waals surface area contributed by atoms with Gasteiger partial charge in [0.25, 0.3) is 0 Å². The molecule has 2 N–H and O–H groups in total. The molecule has 0 bridgehead atoms. The highest BCUT2D eigenvalue weighted by Crippen LogP contribution is 2.16. The molecule has 0 aliphatic carbocycles. The standard InChI is InChI=1S/C10H12N4/c11-5-8-6-12-2-1-9(8)10-7-13-3-4-14-10/h1-2,6,10,13-14H,3-4,7H2. The SMILES string of the molecule is N#Cc1cnccc1C1CNCCN1. The predicted molar refractivity (Wildman–Crippen MR) is 52.6 cm³/mol. The van der Waals surface area contributed by atoms with Crippen molar-refractivity contribution in [2.45, 2.75) is 6.04 Å². The van der Waals surface area contributed by atoms with Crippen molar-refractivity contribution in [3.05, 3.63) is 29.6 Å². The fraction of sp³-hybridized carbons (Fsp3) is 0.400. The van der Waals surface area contributed by atoms with Crippen LogP contribution in [0, 0.1) is 11.3 Å². The van der Waals surface area contributed by atoms with E-state index in [4.69, 9.17) is 5.26 Å². The normalized spacial score (nSPS) is 21.5. The Kier molecular flexibility index (Phi) is 2.73. The monoisotopic (exact) mass is 188 g/mol. The number of nitrogens with one attached hydrogen (secondary N) is 2. The van der Waals surface area contributed by atoms with Gasteiger partial charge in [-0.15, -0.1) is 0 Å². The Hall–Kier alpha value is -1.44. The van der Waals surface area contributed by atoms with E-state index >= 15 is 0 Å². The molecule has 2 rings (SSSR count). The molecule has 14 heavy (non-hydrogen) atoms. The van der Waals surface area contributed by atoms with E-state index in [0.717, 1.165) is 25.2 Å². The molecule has 1 saturated heterocycles. The average molecular weight is 188 g/mol. The fourth-order valence-electron chi connectivity index (χ4n) is 1.68. The summed E-state index contributed by atoms with van der Waals surface area (Å²) >= 11 is 0. The Morgan fingerprint density at radius 3 is 3.14 bits per heavy atom. The molecule has 4 nitrogen and oxygen atoms in total. The number of hydrogen-bond donors (Lipinski definition) is 2. The summed E-state index contributed by atoms with van der Waals surface area (Å²) in [4.78, 5) is 3.94. The van der Waals surface area contributed by atoms with Gasteiger partial charge in [0.05, 0.1) is 5.56 Å². The summed E-state index contributed by atoms with van der Waals surface area (Å²) in [7, 11) is 0. The van der Waals surface area contributed by atoms with Crippen molar-refractivity contribution in [3.63, 3.8) is 0 Å². The van der Waals surface area contributed by atoms with Gasteiger partial charge in [0, 0.05) is 38.1 Å². The Bertz CT molecular complexity index is 349. The Labute approximate surface area is 83.0 Å². The van der Waals surface area contributed by atoms with Crippen LogP contribution in [0.5, 0.6) is 0 Å². The molecule has 1 aromatic rings. The van der Waals surface area contributed by atoms with Gasteiger partial charge in [0.1, 0.15) is 6.07 Å². The lowest BCUT2D eigenvalue weighted by atomic mass is 10.0. The first-order valence-electron chi connectivity index (χ1n) is 4.70. The molecule has 1 aliphatic rings. The maximum atomic E-state index is 8.91. The molecule has 0 amide bonds. The maximum absolute atomic E-state index is 8.91. The van der Waals surface area contributed by atoms with Crippen molar-refractivity contribution < 1.29 is 0 Å². The summed E-state index contributed by atoms with van der Waals surface area (Å²) in [6.45, 7) is 2.81. The Balaban J connectivity index is 2.26. The van der Waals surface area contributed by atoms with Crippen LogP contribution in [0.4, 0.5) is 0 Å². The zero-order valence-electron chi connectivity index (χ0n) is 7.83. The number of hydrogen-bond acceptors (Lipinski definition) is 4. The summed E-state index contributed by atoms with van der Waals surface area (Å²) < 4.78 is 0. The largest absolute Gasteiger partial charge is 0.314 e. The fourth-order valence-corrected chi connectivity index (χ4v) is 1.68. The summed E-state index contributed by atoms with van der Waals surface area (Å²) in [6, 6.07) is 4.31. The molecule has 0 spiro atoms. The lowest BCUT2D eigenvalue weighted by Gasteiger charge is -2.25. The lowest BCUT2D eigenvalue weighted by molar-refractivity contribution is 0.429. The van der Waals surface area contributed by atoms with Crippen molar-refractivity contribution in [1.29, 1.82) is 5.26 Å². The van der Waals surface area contributed by atoms with Crippen LogP contribution in [-0.2, 0) is 0 Å². The van der Waals surface area contributed by atoms with Crippen LogP contribution < -0.4 is 10.6 Å². The van der Waals surface area contributed by atoms with Gasteiger partial charge < -0.3 is 10.6 Å². The molecule has 1 aliphatic heterocycles. The summed E-state index contributed by atoms with van der Waals surface area (Å²) in [5, 5.41) is 15.6. The van der Waals surface area contributed by atoms with Crippen LogP contribution in [-0.4, -0.2) is 24.6 Å². The average Bonchev–Trinajstić information content (AvgIpc) is 2.30. The van der Waals surface area contributed by atoms with Gasteiger partial charge in [-0.05, 0) is 11.6 Å². The number of pyridine rings is 1. The number of nitrogens with zero attached hydrogens (tertiary/aromatic N) is 2. The van der Waals surface area contributed by atoms with E-state index < -0.39 is 0 Å². The molecule has 4 heteroatoms. The minimum absolute atomic E-state index is 0.237. The van der Waals surface area contributed by atoms with Gasteiger partial charge in [0.2, 0.25) is 0 Å². The van der Waals surface area contributed by atoms with E-state index in [1.807, 2.05) is 6.07 Å². The van der Waals surface area contributed by atoms with E-state index in [1.165, 1.54) is 0 Å². The number of nitriles is 1. The third-order valence-corrected chi connectivity index (χ3v) is 2.39. The molecular formula is C10H12N4. The lowest BCUT2D eigenvalue weighted by Crippen LogP contribution is -2.42. The second-order valence-corrected chi connectivity index (χ2v) is 3.29. The van der Waals surface area contributed by atoms with Gasteiger partial charge in [-0.3, -0.25) is 4.98 Å². The van der Waals surface area contributed by atoms with Crippen LogP contribution in [0.2, 0.25) is 0 Å². The maximum Gasteiger partial charge on any atom is 0.101 e. The first-order chi connectivity index (χ1) is 6.92. The topological polar surface area (TPSA) is 60.7 Å². The molecule has 1 aromatic heterocycles. The quantitative estimate of drug-likeness (QED) is 0.660. The summed E-state index contributed by atoms with van der Waals surface area (Å²) in [6.07, 6.45) is 3.35. The number of piperazine rings is 1. The van der Waals surface area contributed by atoms with Crippen LogP contribution in [0.1, 0.15) is 17.2 Å². The van der Waals surface area contributed by atoms with Gasteiger partial charge >= 0.3 is 0 Å². The molecule has 1 unspecified atom stereocenters. The van der Waals surface area contributed by atoms with Crippen molar-refractivity contribution in [2.24, 2.45) is 0 Å². The molecule has 0 aromatic carbocycles. The van der Waals surface area contributed by atoms with E-state index in [2.05, 4.69) is 21.7 Å². The number of rotatable bonds is 1.